The van der Waals surface area contributed by atoms with Gasteiger partial charge in [-0.3, -0.25) is 4.55 Å². The molecule has 0 saturated heterocycles. The summed E-state index contributed by atoms with van der Waals surface area (Å²) in [5.41, 5.74) is 1.04. The summed E-state index contributed by atoms with van der Waals surface area (Å²) in [7, 11) is -4.17. The predicted molar refractivity (Wildman–Crippen MR) is 83.1 cm³/mol. The summed E-state index contributed by atoms with van der Waals surface area (Å²) in [6.45, 7) is 4.13. The second kappa shape index (κ2) is 6.95. The Bertz CT molecular complexity index is 598. The molecule has 1 unspecified atom stereocenters. The average molecular weight is 329 g/mol. The first kappa shape index (κ1) is 17.2. The van der Waals surface area contributed by atoms with Gasteiger partial charge in [-0.2, -0.15) is 13.1 Å². The average Bonchev–Trinajstić information content (AvgIpc) is 2.62. The van der Waals surface area contributed by atoms with Crippen molar-refractivity contribution in [1.29, 1.82) is 0 Å². The van der Waals surface area contributed by atoms with Crippen LogP contribution in [0.15, 0.2) is 24.3 Å². The molecule has 0 aromatic heterocycles. The van der Waals surface area contributed by atoms with Gasteiger partial charge in [0.25, 0.3) is 0 Å². The summed E-state index contributed by atoms with van der Waals surface area (Å²) >= 11 is 0. The van der Waals surface area contributed by atoms with Gasteiger partial charge in [0.2, 0.25) is 5.79 Å². The molecule has 1 aliphatic heterocycles. The fourth-order valence-electron chi connectivity index (χ4n) is 2.66. The normalized spacial score (nSPS) is 20.8. The number of hydrogen-bond donors (Lipinski definition) is 2. The standard InChI is InChI=1S/C15H23NO5S/c1-3-15(4-2)20-13(9-10-16-22(17,18)19)11-12-7-5-6-8-14(12)21-15/h5-8,13,16H,3-4,9-11H2,1-2H3,(H,17,18,19). The lowest BCUT2D eigenvalue weighted by atomic mass is 10.0. The van der Waals surface area contributed by atoms with Gasteiger partial charge in [-0.15, -0.1) is 0 Å². The number of para-hydroxylation sites is 1. The maximum absolute atomic E-state index is 10.8. The summed E-state index contributed by atoms with van der Waals surface area (Å²) in [6.07, 6.45) is 2.31. The van der Waals surface area contributed by atoms with Gasteiger partial charge in [0.05, 0.1) is 6.10 Å². The van der Waals surface area contributed by atoms with Crippen LogP contribution >= 0.6 is 0 Å². The van der Waals surface area contributed by atoms with Crippen LogP contribution in [-0.2, 0) is 21.5 Å². The molecule has 124 valence electrons. The van der Waals surface area contributed by atoms with Gasteiger partial charge in [-0.05, 0) is 18.1 Å². The highest BCUT2D eigenvalue weighted by Gasteiger charge is 2.36. The maximum atomic E-state index is 10.8. The zero-order valence-electron chi connectivity index (χ0n) is 12.9. The molecule has 1 aromatic carbocycles. The van der Waals surface area contributed by atoms with Gasteiger partial charge in [0, 0.05) is 25.8 Å². The van der Waals surface area contributed by atoms with Crippen LogP contribution in [0, 0.1) is 0 Å². The lowest BCUT2D eigenvalue weighted by Crippen LogP contribution is -2.41. The third-order valence-electron chi connectivity index (χ3n) is 3.93. The van der Waals surface area contributed by atoms with Crippen molar-refractivity contribution < 1.29 is 22.4 Å². The minimum absolute atomic E-state index is 0.120. The molecular weight excluding hydrogens is 306 g/mol. The first-order chi connectivity index (χ1) is 10.4. The van der Waals surface area contributed by atoms with Crippen molar-refractivity contribution in [3.63, 3.8) is 0 Å². The second-order valence-corrected chi connectivity index (χ2v) is 6.67. The molecule has 22 heavy (non-hydrogen) atoms. The van der Waals surface area contributed by atoms with Gasteiger partial charge < -0.3 is 9.47 Å². The Kier molecular flexibility index (Phi) is 5.44. The molecule has 1 heterocycles. The number of rotatable bonds is 6. The van der Waals surface area contributed by atoms with E-state index < -0.39 is 16.1 Å². The molecule has 0 spiro atoms. The third-order valence-corrected chi connectivity index (χ3v) is 4.49. The molecule has 0 radical (unpaired) electrons. The Morgan fingerprint density at radius 2 is 2.00 bits per heavy atom. The van der Waals surface area contributed by atoms with Crippen LogP contribution in [0.4, 0.5) is 0 Å². The molecule has 6 nitrogen and oxygen atoms in total. The van der Waals surface area contributed by atoms with E-state index >= 15 is 0 Å². The minimum atomic E-state index is -4.17. The Balaban J connectivity index is 2.16. The molecule has 0 aliphatic carbocycles. The third kappa shape index (κ3) is 4.42. The zero-order chi connectivity index (χ0) is 16.2. The van der Waals surface area contributed by atoms with Crippen LogP contribution in [0.1, 0.15) is 38.7 Å². The van der Waals surface area contributed by atoms with Crippen molar-refractivity contribution >= 4 is 10.3 Å². The Morgan fingerprint density at radius 1 is 1.32 bits per heavy atom. The fourth-order valence-corrected chi connectivity index (χ4v) is 3.03. The predicted octanol–water partition coefficient (Wildman–Crippen LogP) is 2.31. The number of nitrogens with one attached hydrogen (secondary N) is 1. The van der Waals surface area contributed by atoms with Gasteiger partial charge in [-0.1, -0.05) is 32.0 Å². The van der Waals surface area contributed by atoms with Crippen molar-refractivity contribution in [2.75, 3.05) is 6.54 Å². The largest absolute Gasteiger partial charge is 0.462 e. The summed E-state index contributed by atoms with van der Waals surface area (Å²) < 4.78 is 44.6. The van der Waals surface area contributed by atoms with Crippen LogP contribution in [0.5, 0.6) is 5.75 Å². The van der Waals surface area contributed by atoms with Gasteiger partial charge in [-0.25, -0.2) is 0 Å². The smallest absolute Gasteiger partial charge is 0.333 e. The van der Waals surface area contributed by atoms with E-state index in [0.717, 1.165) is 11.3 Å². The summed E-state index contributed by atoms with van der Waals surface area (Å²) in [6, 6.07) is 7.79. The monoisotopic (exact) mass is 329 g/mol. The lowest BCUT2D eigenvalue weighted by Gasteiger charge is -2.33. The molecule has 0 bridgehead atoms. The van der Waals surface area contributed by atoms with Gasteiger partial charge in [0.15, 0.2) is 0 Å². The maximum Gasteiger partial charge on any atom is 0.333 e. The highest BCUT2D eigenvalue weighted by atomic mass is 32.2. The van der Waals surface area contributed by atoms with Crippen molar-refractivity contribution in [2.45, 2.75) is 51.4 Å². The van der Waals surface area contributed by atoms with E-state index in [4.69, 9.17) is 14.0 Å². The zero-order valence-corrected chi connectivity index (χ0v) is 13.7. The molecule has 2 rings (SSSR count). The molecule has 1 aliphatic rings. The van der Waals surface area contributed by atoms with Crippen LogP contribution < -0.4 is 9.46 Å². The highest BCUT2D eigenvalue weighted by molar-refractivity contribution is 7.83. The second-order valence-electron chi connectivity index (χ2n) is 5.43. The fraction of sp³-hybridized carbons (Fsp3) is 0.600. The molecule has 0 amide bonds. The summed E-state index contributed by atoms with van der Waals surface area (Å²) in [5, 5.41) is 0. The summed E-state index contributed by atoms with van der Waals surface area (Å²) in [4.78, 5) is 0. The quantitative estimate of drug-likeness (QED) is 0.782. The van der Waals surface area contributed by atoms with Crippen molar-refractivity contribution in [2.24, 2.45) is 0 Å². The number of ether oxygens (including phenoxy) is 2. The van der Waals surface area contributed by atoms with E-state index in [-0.39, 0.29) is 12.6 Å². The minimum Gasteiger partial charge on any atom is -0.462 e. The van der Waals surface area contributed by atoms with Crippen molar-refractivity contribution in [1.82, 2.24) is 4.72 Å². The SMILES string of the molecule is CCC1(CC)Oc2ccccc2CC(CCNS(=O)(=O)O)O1. The van der Waals surface area contributed by atoms with E-state index in [0.29, 0.717) is 25.7 Å². The highest BCUT2D eigenvalue weighted by Crippen LogP contribution is 2.35. The van der Waals surface area contributed by atoms with Gasteiger partial charge in [0.1, 0.15) is 5.75 Å². The topological polar surface area (TPSA) is 84.9 Å². The van der Waals surface area contributed by atoms with Crippen LogP contribution in [0.25, 0.3) is 0 Å². The van der Waals surface area contributed by atoms with E-state index in [1.807, 2.05) is 38.1 Å². The first-order valence-electron chi connectivity index (χ1n) is 7.54. The van der Waals surface area contributed by atoms with Gasteiger partial charge >= 0.3 is 10.3 Å². The first-order valence-corrected chi connectivity index (χ1v) is 8.98. The van der Waals surface area contributed by atoms with Crippen molar-refractivity contribution in [3.8, 4) is 5.75 Å². The Labute approximate surface area is 131 Å². The molecule has 0 fully saturated rings. The van der Waals surface area contributed by atoms with Crippen LogP contribution in [-0.4, -0.2) is 31.4 Å². The van der Waals surface area contributed by atoms with Crippen molar-refractivity contribution in [3.05, 3.63) is 29.8 Å². The number of benzene rings is 1. The molecule has 2 N–H and O–H groups in total. The lowest BCUT2D eigenvalue weighted by molar-refractivity contribution is -0.209. The number of fused-ring (bicyclic) bond motifs is 1. The Hall–Kier alpha value is -1.15. The molecule has 7 heteroatoms. The van der Waals surface area contributed by atoms with E-state index in [1.54, 1.807) is 0 Å². The Morgan fingerprint density at radius 3 is 2.64 bits per heavy atom. The molecule has 1 atom stereocenters. The molecular formula is C15H23NO5S. The molecule has 1 aromatic rings. The van der Waals surface area contributed by atoms with E-state index in [2.05, 4.69) is 4.72 Å². The van der Waals surface area contributed by atoms with Crippen LogP contribution in [0.2, 0.25) is 0 Å². The van der Waals surface area contributed by atoms with E-state index in [1.165, 1.54) is 0 Å². The molecule has 0 saturated carbocycles. The summed E-state index contributed by atoms with van der Waals surface area (Å²) in [5.74, 6) is 0.117. The number of hydrogen-bond acceptors (Lipinski definition) is 4. The van der Waals surface area contributed by atoms with E-state index in [9.17, 15) is 8.42 Å². The van der Waals surface area contributed by atoms with Crippen LogP contribution in [0.3, 0.4) is 0 Å².